The van der Waals surface area contributed by atoms with Crippen LogP contribution in [0, 0.1) is 0 Å². The van der Waals surface area contributed by atoms with Gasteiger partial charge in [0.15, 0.2) is 0 Å². The minimum absolute atomic E-state index is 0.355. The summed E-state index contributed by atoms with van der Waals surface area (Å²) in [6.07, 6.45) is 1.61. The molecule has 0 saturated carbocycles. The maximum atomic E-state index is 11.4. The Balaban J connectivity index is 1.72. The SMILES string of the molecule is CN(Cc1ccccc1)CC(O)CN(C)C1CCS(=O)CC1. The second-order valence-corrected chi connectivity index (χ2v) is 8.05. The molecule has 1 N–H and O–H groups in total. The topological polar surface area (TPSA) is 43.8 Å². The molecule has 1 saturated heterocycles. The fourth-order valence-corrected chi connectivity index (χ4v) is 4.35. The van der Waals surface area contributed by atoms with Gasteiger partial charge in [0.1, 0.15) is 0 Å². The number of benzene rings is 1. The fourth-order valence-electron chi connectivity index (χ4n) is 3.08. The molecule has 0 amide bonds. The van der Waals surface area contributed by atoms with Gasteiger partial charge in [-0.2, -0.15) is 0 Å². The van der Waals surface area contributed by atoms with Crippen molar-refractivity contribution in [1.82, 2.24) is 9.80 Å². The fraction of sp³-hybridized carbons (Fsp3) is 0.647. The average molecular weight is 324 g/mol. The van der Waals surface area contributed by atoms with Crippen molar-refractivity contribution < 1.29 is 9.32 Å². The van der Waals surface area contributed by atoms with Crippen LogP contribution in [0.4, 0.5) is 0 Å². The third kappa shape index (κ3) is 5.80. The van der Waals surface area contributed by atoms with Gasteiger partial charge in [-0.05, 0) is 32.5 Å². The molecule has 0 radical (unpaired) electrons. The molecule has 124 valence electrons. The lowest BCUT2D eigenvalue weighted by molar-refractivity contribution is 0.0721. The summed E-state index contributed by atoms with van der Waals surface area (Å²) in [5.74, 6) is 1.61. The minimum Gasteiger partial charge on any atom is -0.390 e. The maximum Gasteiger partial charge on any atom is 0.0793 e. The number of aliphatic hydroxyl groups excluding tert-OH is 1. The summed E-state index contributed by atoms with van der Waals surface area (Å²) in [6, 6.07) is 10.8. The quantitative estimate of drug-likeness (QED) is 0.822. The molecule has 0 spiro atoms. The lowest BCUT2D eigenvalue weighted by Crippen LogP contribution is -2.44. The van der Waals surface area contributed by atoms with E-state index in [9.17, 15) is 9.32 Å². The summed E-state index contributed by atoms with van der Waals surface area (Å²) in [5, 5.41) is 10.3. The Morgan fingerprint density at radius 1 is 1.18 bits per heavy atom. The Hall–Kier alpha value is -0.750. The highest BCUT2D eigenvalue weighted by atomic mass is 32.2. The first-order valence-corrected chi connectivity index (χ1v) is 9.49. The van der Waals surface area contributed by atoms with Crippen molar-refractivity contribution in [1.29, 1.82) is 0 Å². The second kappa shape index (κ2) is 8.77. The van der Waals surface area contributed by atoms with Crippen LogP contribution in [0.1, 0.15) is 18.4 Å². The molecule has 1 atom stereocenters. The van der Waals surface area contributed by atoms with Crippen LogP contribution in [0.25, 0.3) is 0 Å². The Morgan fingerprint density at radius 3 is 2.45 bits per heavy atom. The monoisotopic (exact) mass is 324 g/mol. The number of rotatable bonds is 7. The molecule has 4 nitrogen and oxygen atoms in total. The van der Waals surface area contributed by atoms with E-state index in [1.807, 2.05) is 25.2 Å². The molecule has 2 rings (SSSR count). The first-order valence-electron chi connectivity index (χ1n) is 8.00. The van der Waals surface area contributed by atoms with E-state index >= 15 is 0 Å². The highest BCUT2D eigenvalue weighted by Crippen LogP contribution is 2.15. The molecule has 0 aromatic heterocycles. The first-order chi connectivity index (χ1) is 10.5. The van der Waals surface area contributed by atoms with Gasteiger partial charge < -0.3 is 10.0 Å². The molecule has 5 heteroatoms. The van der Waals surface area contributed by atoms with Gasteiger partial charge in [0.05, 0.1) is 6.10 Å². The van der Waals surface area contributed by atoms with Gasteiger partial charge in [0, 0.05) is 48.0 Å². The van der Waals surface area contributed by atoms with E-state index in [2.05, 4.69) is 29.0 Å². The summed E-state index contributed by atoms with van der Waals surface area (Å²) >= 11 is 0. The normalized spacial score (nSPS) is 23.9. The van der Waals surface area contributed by atoms with Gasteiger partial charge in [0.25, 0.3) is 0 Å². The molecule has 1 unspecified atom stereocenters. The minimum atomic E-state index is -0.619. The third-order valence-corrected chi connectivity index (χ3v) is 5.68. The number of hydrogen-bond acceptors (Lipinski definition) is 4. The van der Waals surface area contributed by atoms with Crippen LogP contribution in [0.2, 0.25) is 0 Å². The number of hydrogen-bond donors (Lipinski definition) is 1. The highest BCUT2D eigenvalue weighted by Gasteiger charge is 2.23. The van der Waals surface area contributed by atoms with Crippen molar-refractivity contribution in [3.63, 3.8) is 0 Å². The molecule has 1 aromatic rings. The van der Waals surface area contributed by atoms with Gasteiger partial charge in [-0.3, -0.25) is 9.11 Å². The standard InChI is InChI=1S/C17H28N2O2S/c1-18(12-15-6-4-3-5-7-15)13-17(20)14-19(2)16-8-10-22(21)11-9-16/h3-7,16-17,20H,8-14H2,1-2H3. The molecule has 0 bridgehead atoms. The first kappa shape index (κ1) is 17.6. The summed E-state index contributed by atoms with van der Waals surface area (Å²) < 4.78 is 11.4. The van der Waals surface area contributed by atoms with Crippen molar-refractivity contribution in [3.8, 4) is 0 Å². The van der Waals surface area contributed by atoms with Crippen LogP contribution in [-0.4, -0.2) is 70.0 Å². The van der Waals surface area contributed by atoms with Crippen LogP contribution in [0.3, 0.4) is 0 Å². The van der Waals surface area contributed by atoms with Crippen LogP contribution in [0.5, 0.6) is 0 Å². The second-order valence-electron chi connectivity index (χ2n) is 6.35. The van der Waals surface area contributed by atoms with E-state index in [-0.39, 0.29) is 6.10 Å². The molecular formula is C17H28N2O2S. The molecule has 1 aliphatic rings. The van der Waals surface area contributed by atoms with Gasteiger partial charge in [-0.1, -0.05) is 30.3 Å². The Morgan fingerprint density at radius 2 is 1.82 bits per heavy atom. The number of aliphatic hydroxyl groups is 1. The van der Waals surface area contributed by atoms with Crippen LogP contribution < -0.4 is 0 Å². The molecule has 1 fully saturated rings. The Labute approximate surface area is 136 Å². The van der Waals surface area contributed by atoms with E-state index in [0.29, 0.717) is 19.1 Å². The molecular weight excluding hydrogens is 296 g/mol. The van der Waals surface area contributed by atoms with E-state index in [0.717, 1.165) is 30.9 Å². The average Bonchev–Trinajstić information content (AvgIpc) is 2.48. The zero-order valence-electron chi connectivity index (χ0n) is 13.6. The van der Waals surface area contributed by atoms with Crippen LogP contribution in [0.15, 0.2) is 30.3 Å². The molecule has 1 heterocycles. The number of nitrogens with zero attached hydrogens (tertiary/aromatic N) is 2. The zero-order chi connectivity index (χ0) is 15.9. The lowest BCUT2D eigenvalue weighted by atomic mass is 10.1. The largest absolute Gasteiger partial charge is 0.390 e. The van der Waals surface area contributed by atoms with E-state index in [1.54, 1.807) is 0 Å². The summed E-state index contributed by atoms with van der Waals surface area (Å²) in [4.78, 5) is 4.39. The van der Waals surface area contributed by atoms with E-state index < -0.39 is 10.8 Å². The van der Waals surface area contributed by atoms with Gasteiger partial charge in [-0.15, -0.1) is 0 Å². The predicted molar refractivity (Wildman–Crippen MR) is 92.3 cm³/mol. The summed E-state index contributed by atoms with van der Waals surface area (Å²) in [5.41, 5.74) is 1.26. The zero-order valence-corrected chi connectivity index (χ0v) is 14.5. The van der Waals surface area contributed by atoms with Crippen LogP contribution in [-0.2, 0) is 17.3 Å². The van der Waals surface area contributed by atoms with Crippen LogP contribution >= 0.6 is 0 Å². The summed E-state index contributed by atoms with van der Waals surface area (Å²) in [6.45, 7) is 2.19. The van der Waals surface area contributed by atoms with E-state index in [4.69, 9.17) is 0 Å². The van der Waals surface area contributed by atoms with Crippen molar-refractivity contribution in [2.24, 2.45) is 0 Å². The molecule has 22 heavy (non-hydrogen) atoms. The van der Waals surface area contributed by atoms with Gasteiger partial charge >= 0.3 is 0 Å². The van der Waals surface area contributed by atoms with Crippen molar-refractivity contribution >= 4 is 10.8 Å². The van der Waals surface area contributed by atoms with Gasteiger partial charge in [-0.25, -0.2) is 0 Å². The Bertz CT molecular complexity index is 459. The van der Waals surface area contributed by atoms with Crippen molar-refractivity contribution in [3.05, 3.63) is 35.9 Å². The molecule has 1 aromatic carbocycles. The smallest absolute Gasteiger partial charge is 0.0793 e. The number of likely N-dealkylation sites (N-methyl/N-ethyl adjacent to an activating group) is 2. The third-order valence-electron chi connectivity index (χ3n) is 4.30. The Kier molecular flexibility index (Phi) is 7.02. The molecule has 0 aliphatic carbocycles. The van der Waals surface area contributed by atoms with Crippen molar-refractivity contribution in [2.45, 2.75) is 31.5 Å². The predicted octanol–water partition coefficient (Wildman–Crippen LogP) is 1.32. The van der Waals surface area contributed by atoms with E-state index in [1.165, 1.54) is 5.56 Å². The van der Waals surface area contributed by atoms with Gasteiger partial charge in [0.2, 0.25) is 0 Å². The summed E-state index contributed by atoms with van der Waals surface area (Å²) in [7, 11) is 3.49. The van der Waals surface area contributed by atoms with Crippen molar-refractivity contribution in [2.75, 3.05) is 38.7 Å². The molecule has 1 aliphatic heterocycles. The lowest BCUT2D eigenvalue weighted by Gasteiger charge is -2.33. The highest BCUT2D eigenvalue weighted by molar-refractivity contribution is 7.85. The maximum absolute atomic E-state index is 11.4.